The summed E-state index contributed by atoms with van der Waals surface area (Å²) < 4.78 is 2.05. The normalized spacial score (nSPS) is 10.7. The van der Waals surface area contributed by atoms with Crippen LogP contribution in [0.2, 0.25) is 0 Å². The predicted octanol–water partition coefficient (Wildman–Crippen LogP) is 1.47. The zero-order valence-electron chi connectivity index (χ0n) is 11.5. The van der Waals surface area contributed by atoms with Crippen molar-refractivity contribution < 1.29 is 0 Å². The zero-order chi connectivity index (χ0) is 15.5. The number of aromatic amines is 1. The van der Waals surface area contributed by atoms with Gasteiger partial charge in [-0.3, -0.25) is 9.89 Å². The van der Waals surface area contributed by atoms with E-state index >= 15 is 0 Å². The van der Waals surface area contributed by atoms with Gasteiger partial charge in [-0.05, 0) is 6.92 Å². The third-order valence-electron chi connectivity index (χ3n) is 2.75. The van der Waals surface area contributed by atoms with Crippen molar-refractivity contribution in [2.45, 2.75) is 17.0 Å². The Labute approximate surface area is 133 Å². The first-order valence-corrected chi connectivity index (χ1v) is 8.22. The van der Waals surface area contributed by atoms with E-state index in [1.807, 2.05) is 13.0 Å². The Kier molecular flexibility index (Phi) is 4.08. The highest BCUT2D eigenvalue weighted by Gasteiger charge is 2.10. The highest BCUT2D eigenvalue weighted by Crippen LogP contribution is 2.27. The first kappa shape index (κ1) is 14.6. The quantitative estimate of drug-likeness (QED) is 0.680. The van der Waals surface area contributed by atoms with Gasteiger partial charge in [0, 0.05) is 24.6 Å². The molecule has 0 aliphatic rings. The Balaban J connectivity index is 1.81. The number of nitriles is 1. The zero-order valence-corrected chi connectivity index (χ0v) is 13.2. The summed E-state index contributed by atoms with van der Waals surface area (Å²) in [6.45, 7) is 2.78. The minimum atomic E-state index is -0.243. The second-order valence-corrected chi connectivity index (χ2v) is 6.44. The molecule has 3 aromatic rings. The Morgan fingerprint density at radius 1 is 1.55 bits per heavy atom. The average molecular weight is 333 g/mol. The van der Waals surface area contributed by atoms with E-state index in [1.165, 1.54) is 39.9 Å². The predicted molar refractivity (Wildman–Crippen MR) is 84.2 cm³/mol. The maximum Gasteiger partial charge on any atom is 0.272 e. The molecule has 0 aliphatic carbocycles. The molecule has 0 saturated heterocycles. The van der Waals surface area contributed by atoms with Gasteiger partial charge in [-0.2, -0.15) is 5.26 Å². The van der Waals surface area contributed by atoms with Crippen LogP contribution < -0.4 is 10.9 Å². The summed E-state index contributed by atoms with van der Waals surface area (Å²) in [4.78, 5) is 16.3. The van der Waals surface area contributed by atoms with Gasteiger partial charge in [0.1, 0.15) is 11.6 Å². The lowest BCUT2D eigenvalue weighted by Crippen LogP contribution is -2.15. The van der Waals surface area contributed by atoms with Crippen molar-refractivity contribution in [3.8, 4) is 6.07 Å². The van der Waals surface area contributed by atoms with Crippen molar-refractivity contribution in [3.63, 3.8) is 0 Å². The molecule has 0 spiro atoms. The number of H-pyrrole nitrogens is 1. The summed E-state index contributed by atoms with van der Waals surface area (Å²) in [5, 5.41) is 23.7. The van der Waals surface area contributed by atoms with Crippen molar-refractivity contribution in [2.24, 2.45) is 0 Å². The van der Waals surface area contributed by atoms with E-state index in [0.29, 0.717) is 22.7 Å². The maximum absolute atomic E-state index is 12.0. The molecule has 8 nitrogen and oxygen atoms in total. The molecule has 0 unspecified atom stereocenters. The first-order valence-electron chi connectivity index (χ1n) is 6.41. The fraction of sp³-hybridized carbons (Fsp3) is 0.250. The van der Waals surface area contributed by atoms with Crippen LogP contribution in [0.25, 0.3) is 5.65 Å². The summed E-state index contributed by atoms with van der Waals surface area (Å²) in [7, 11) is 0. The van der Waals surface area contributed by atoms with Crippen LogP contribution in [-0.4, -0.2) is 31.3 Å². The van der Waals surface area contributed by atoms with Gasteiger partial charge in [-0.25, -0.2) is 9.50 Å². The maximum atomic E-state index is 12.0. The van der Waals surface area contributed by atoms with Crippen LogP contribution in [0.5, 0.6) is 0 Å². The van der Waals surface area contributed by atoms with Crippen molar-refractivity contribution in [1.82, 2.24) is 24.8 Å². The summed E-state index contributed by atoms with van der Waals surface area (Å²) in [5.74, 6) is 0.489. The number of thioether (sulfide) groups is 1. The fourth-order valence-electron chi connectivity index (χ4n) is 1.81. The molecule has 22 heavy (non-hydrogen) atoms. The van der Waals surface area contributed by atoms with Crippen LogP contribution in [0.1, 0.15) is 18.2 Å². The van der Waals surface area contributed by atoms with Gasteiger partial charge >= 0.3 is 0 Å². The lowest BCUT2D eigenvalue weighted by Gasteiger charge is -1.99. The monoisotopic (exact) mass is 333 g/mol. The van der Waals surface area contributed by atoms with E-state index in [1.54, 1.807) is 0 Å². The Hall–Kier alpha value is -2.38. The molecule has 112 valence electrons. The minimum absolute atomic E-state index is 0.243. The molecule has 0 fully saturated rings. The Morgan fingerprint density at radius 2 is 2.41 bits per heavy atom. The lowest BCUT2D eigenvalue weighted by atomic mass is 10.3. The van der Waals surface area contributed by atoms with Crippen LogP contribution in [0.15, 0.2) is 21.4 Å². The number of fused-ring (bicyclic) bond motifs is 1. The number of aromatic nitrogens is 5. The molecule has 0 bridgehead atoms. The van der Waals surface area contributed by atoms with Crippen LogP contribution in [0.3, 0.4) is 0 Å². The molecule has 3 aromatic heterocycles. The van der Waals surface area contributed by atoms with E-state index in [-0.39, 0.29) is 5.56 Å². The number of hydrogen-bond donors (Lipinski definition) is 2. The van der Waals surface area contributed by atoms with Gasteiger partial charge in [0.15, 0.2) is 9.99 Å². The molecule has 0 aliphatic heterocycles. The molecule has 3 heterocycles. The van der Waals surface area contributed by atoms with Crippen LogP contribution in [0.4, 0.5) is 5.13 Å². The lowest BCUT2D eigenvalue weighted by molar-refractivity contribution is 0.888. The molecule has 3 rings (SSSR count). The average Bonchev–Trinajstić information content (AvgIpc) is 3.12. The number of rotatable bonds is 5. The van der Waals surface area contributed by atoms with Gasteiger partial charge in [-0.15, -0.1) is 10.2 Å². The van der Waals surface area contributed by atoms with E-state index in [4.69, 9.17) is 5.26 Å². The van der Waals surface area contributed by atoms with Crippen LogP contribution in [0, 0.1) is 11.3 Å². The largest absolute Gasteiger partial charge is 0.360 e. The molecule has 0 atom stereocenters. The highest BCUT2D eigenvalue weighted by molar-refractivity contribution is 8.00. The fourth-order valence-corrected chi connectivity index (χ4v) is 3.52. The van der Waals surface area contributed by atoms with E-state index < -0.39 is 0 Å². The van der Waals surface area contributed by atoms with Crippen molar-refractivity contribution in [3.05, 3.63) is 33.9 Å². The molecule has 2 N–H and O–H groups in total. The summed E-state index contributed by atoms with van der Waals surface area (Å²) in [6, 6.07) is 3.46. The van der Waals surface area contributed by atoms with E-state index in [2.05, 4.69) is 25.6 Å². The molecular formula is C12H11N7OS2. The summed E-state index contributed by atoms with van der Waals surface area (Å²) in [6.07, 6.45) is 1.47. The molecule has 0 saturated carbocycles. The van der Waals surface area contributed by atoms with Crippen LogP contribution >= 0.6 is 23.1 Å². The van der Waals surface area contributed by atoms with Gasteiger partial charge in [0.05, 0.1) is 5.69 Å². The molecule has 10 heteroatoms. The van der Waals surface area contributed by atoms with Crippen LogP contribution in [-0.2, 0) is 5.75 Å². The number of nitrogens with one attached hydrogen (secondary N) is 2. The summed E-state index contributed by atoms with van der Waals surface area (Å²) in [5.41, 5.74) is 1.05. The number of anilines is 1. The Morgan fingerprint density at radius 3 is 3.18 bits per heavy atom. The molecule has 0 aromatic carbocycles. The van der Waals surface area contributed by atoms with E-state index in [9.17, 15) is 4.79 Å². The third kappa shape index (κ3) is 2.81. The van der Waals surface area contributed by atoms with Gasteiger partial charge in [0.25, 0.3) is 5.56 Å². The van der Waals surface area contributed by atoms with Gasteiger partial charge in [0.2, 0.25) is 5.13 Å². The SMILES string of the molecule is CCNc1nnc(SCc2cc(=O)n3[nH]cc(C#N)c3n2)s1. The van der Waals surface area contributed by atoms with Crippen molar-refractivity contribution >= 4 is 33.9 Å². The molecule has 0 amide bonds. The Bertz CT molecular complexity index is 904. The smallest absolute Gasteiger partial charge is 0.272 e. The minimum Gasteiger partial charge on any atom is -0.360 e. The summed E-state index contributed by atoms with van der Waals surface area (Å²) >= 11 is 2.91. The van der Waals surface area contributed by atoms with Gasteiger partial charge in [-0.1, -0.05) is 23.1 Å². The van der Waals surface area contributed by atoms with E-state index in [0.717, 1.165) is 16.0 Å². The number of hydrogen-bond acceptors (Lipinski definition) is 8. The second-order valence-electron chi connectivity index (χ2n) is 4.24. The molecular weight excluding hydrogens is 322 g/mol. The third-order valence-corrected chi connectivity index (χ3v) is 4.80. The first-order chi connectivity index (χ1) is 10.7. The molecule has 0 radical (unpaired) electrons. The topological polar surface area (TPSA) is 112 Å². The standard InChI is InChI=1S/C12H11N7OS2/c1-2-14-11-17-18-12(22-11)21-6-8-3-9(20)19-10(16-8)7(4-13)5-15-19/h3,5,15H,2,6H2,1H3,(H,14,17). The number of nitrogens with zero attached hydrogens (tertiary/aromatic N) is 5. The van der Waals surface area contributed by atoms with Crippen molar-refractivity contribution in [1.29, 1.82) is 5.26 Å². The van der Waals surface area contributed by atoms with Gasteiger partial charge < -0.3 is 5.32 Å². The highest BCUT2D eigenvalue weighted by atomic mass is 32.2. The second kappa shape index (κ2) is 6.17. The van der Waals surface area contributed by atoms with Crippen molar-refractivity contribution in [2.75, 3.05) is 11.9 Å².